The maximum atomic E-state index is 13.5. The number of likely N-dealkylation sites (tertiary alicyclic amines) is 1. The van der Waals surface area contributed by atoms with E-state index in [0.717, 1.165) is 0 Å². The van der Waals surface area contributed by atoms with Crippen molar-refractivity contribution in [1.29, 1.82) is 0 Å². The summed E-state index contributed by atoms with van der Waals surface area (Å²) in [5.41, 5.74) is -0.0808. The van der Waals surface area contributed by atoms with Crippen molar-refractivity contribution < 1.29 is 29.0 Å². The molecule has 3 amide bonds. The van der Waals surface area contributed by atoms with Gasteiger partial charge in [0.1, 0.15) is 23.8 Å². The van der Waals surface area contributed by atoms with Crippen molar-refractivity contribution in [2.75, 3.05) is 13.1 Å². The molecule has 2 aromatic carbocycles. The number of carbonyl (C=O) groups is 4. The number of hydrogen-bond acceptors (Lipinski definition) is 5. The van der Waals surface area contributed by atoms with E-state index in [2.05, 4.69) is 10.6 Å². The number of ether oxygens (including phenoxy) is 1. The van der Waals surface area contributed by atoms with Gasteiger partial charge in [0.2, 0.25) is 17.7 Å². The number of amides is 3. The van der Waals surface area contributed by atoms with Crippen molar-refractivity contribution in [2.24, 2.45) is 5.41 Å². The SMILES string of the molecule is CCC(CC)(C(=O)NC(Cc1ccc(OCc2c(Cl)cccc2Cl)cc1)C(=O)O)C(=O)N1CCC(NC(C)=O)C1. The Morgan fingerprint density at radius 2 is 1.70 bits per heavy atom. The molecule has 1 aliphatic heterocycles. The molecule has 0 aliphatic carbocycles. The molecule has 2 unspecified atom stereocenters. The first-order chi connectivity index (χ1) is 19.0. The average Bonchev–Trinajstić information content (AvgIpc) is 3.37. The maximum absolute atomic E-state index is 13.5. The van der Waals surface area contributed by atoms with Gasteiger partial charge in [-0.2, -0.15) is 0 Å². The molecular formula is C29H35Cl2N3O6. The molecule has 216 valence electrons. The first-order valence-electron chi connectivity index (χ1n) is 13.3. The van der Waals surface area contributed by atoms with Crippen LogP contribution in [-0.2, 0) is 32.2 Å². The highest BCUT2D eigenvalue weighted by atomic mass is 35.5. The second-order valence-electron chi connectivity index (χ2n) is 9.93. The van der Waals surface area contributed by atoms with E-state index in [1.807, 2.05) is 0 Å². The number of nitrogens with one attached hydrogen (secondary N) is 2. The normalized spacial score (nSPS) is 15.8. The van der Waals surface area contributed by atoms with Crippen LogP contribution in [0.4, 0.5) is 0 Å². The lowest BCUT2D eigenvalue weighted by Crippen LogP contribution is -2.55. The lowest BCUT2D eigenvalue weighted by atomic mass is 9.79. The molecular weight excluding hydrogens is 557 g/mol. The lowest BCUT2D eigenvalue weighted by molar-refractivity contribution is -0.153. The van der Waals surface area contributed by atoms with Crippen LogP contribution in [0, 0.1) is 5.41 Å². The summed E-state index contributed by atoms with van der Waals surface area (Å²) in [5.74, 6) is -1.81. The number of nitrogens with zero attached hydrogens (tertiary/aromatic N) is 1. The molecule has 0 bridgehead atoms. The minimum absolute atomic E-state index is 0.0176. The zero-order valence-corrected chi connectivity index (χ0v) is 24.3. The summed E-state index contributed by atoms with van der Waals surface area (Å²) in [6.07, 6.45) is 1.04. The van der Waals surface area contributed by atoms with Gasteiger partial charge >= 0.3 is 5.97 Å². The molecule has 9 nitrogen and oxygen atoms in total. The van der Waals surface area contributed by atoms with Gasteiger partial charge in [-0.15, -0.1) is 0 Å². The minimum Gasteiger partial charge on any atom is -0.489 e. The molecule has 1 aliphatic rings. The molecule has 11 heteroatoms. The van der Waals surface area contributed by atoms with Gasteiger partial charge in [-0.25, -0.2) is 4.79 Å². The number of hydrogen-bond donors (Lipinski definition) is 3. The quantitative estimate of drug-likeness (QED) is 0.317. The summed E-state index contributed by atoms with van der Waals surface area (Å²) in [6.45, 7) is 5.80. The fourth-order valence-corrected chi connectivity index (χ4v) is 5.41. The smallest absolute Gasteiger partial charge is 0.326 e. The molecule has 0 spiro atoms. The molecule has 1 heterocycles. The van der Waals surface area contributed by atoms with Crippen LogP contribution in [0.2, 0.25) is 10.0 Å². The van der Waals surface area contributed by atoms with E-state index in [0.29, 0.717) is 46.4 Å². The monoisotopic (exact) mass is 591 g/mol. The Kier molecular flexibility index (Phi) is 10.8. The van der Waals surface area contributed by atoms with Crippen molar-refractivity contribution >= 4 is 46.9 Å². The summed E-state index contributed by atoms with van der Waals surface area (Å²) in [4.78, 5) is 52.1. The number of halogens is 2. The molecule has 40 heavy (non-hydrogen) atoms. The van der Waals surface area contributed by atoms with E-state index >= 15 is 0 Å². The predicted octanol–water partition coefficient (Wildman–Crippen LogP) is 4.23. The van der Waals surface area contributed by atoms with Crippen LogP contribution in [0.3, 0.4) is 0 Å². The standard InChI is InChI=1S/C29H35Cl2N3O6/c1-4-29(5-2,28(39)34-14-13-20(16-34)32-18(3)35)27(38)33-25(26(36)37)15-19-9-11-21(12-10-19)40-17-22-23(30)7-6-8-24(22)31/h6-12,20,25H,4-5,13-17H2,1-3H3,(H,32,35)(H,33,38)(H,36,37). The predicted molar refractivity (Wildman–Crippen MR) is 152 cm³/mol. The molecule has 3 N–H and O–H groups in total. The van der Waals surface area contributed by atoms with Crippen LogP contribution >= 0.6 is 23.2 Å². The molecule has 0 saturated carbocycles. The summed E-state index contributed by atoms with van der Waals surface area (Å²) in [7, 11) is 0. The number of carbonyl (C=O) groups excluding carboxylic acids is 3. The highest BCUT2D eigenvalue weighted by Crippen LogP contribution is 2.32. The Hall–Kier alpha value is -3.30. The average molecular weight is 593 g/mol. The topological polar surface area (TPSA) is 125 Å². The van der Waals surface area contributed by atoms with E-state index in [1.54, 1.807) is 61.2 Å². The Labute approximate surface area is 244 Å². The Bertz CT molecular complexity index is 1210. The number of rotatable bonds is 12. The van der Waals surface area contributed by atoms with Gasteiger partial charge in [0, 0.05) is 48.1 Å². The second kappa shape index (κ2) is 13.9. The lowest BCUT2D eigenvalue weighted by Gasteiger charge is -2.34. The third-order valence-electron chi connectivity index (χ3n) is 7.35. The second-order valence-corrected chi connectivity index (χ2v) is 10.7. The van der Waals surface area contributed by atoms with Crippen molar-refractivity contribution in [3.8, 4) is 5.75 Å². The molecule has 1 fully saturated rings. The van der Waals surface area contributed by atoms with Gasteiger partial charge in [-0.3, -0.25) is 14.4 Å². The number of carboxylic acid groups (broad SMARTS) is 1. The number of carboxylic acids is 1. The van der Waals surface area contributed by atoms with Crippen LogP contribution in [0.5, 0.6) is 5.75 Å². The van der Waals surface area contributed by atoms with Gasteiger partial charge in [0.15, 0.2) is 0 Å². The summed E-state index contributed by atoms with van der Waals surface area (Å²) >= 11 is 12.4. The van der Waals surface area contributed by atoms with Crippen LogP contribution in [-0.4, -0.2) is 58.9 Å². The molecule has 2 atom stereocenters. The van der Waals surface area contributed by atoms with Crippen LogP contribution in [0.15, 0.2) is 42.5 Å². The fourth-order valence-electron chi connectivity index (χ4n) is 4.90. The highest BCUT2D eigenvalue weighted by Gasteiger charge is 2.47. The van der Waals surface area contributed by atoms with Gasteiger partial charge in [-0.1, -0.05) is 55.2 Å². The zero-order valence-electron chi connectivity index (χ0n) is 22.8. The van der Waals surface area contributed by atoms with E-state index in [4.69, 9.17) is 27.9 Å². The van der Waals surface area contributed by atoms with Crippen molar-refractivity contribution in [2.45, 2.75) is 65.1 Å². The molecule has 3 rings (SSSR count). The van der Waals surface area contributed by atoms with Crippen molar-refractivity contribution in [1.82, 2.24) is 15.5 Å². The summed E-state index contributed by atoms with van der Waals surface area (Å²) < 4.78 is 5.78. The third-order valence-corrected chi connectivity index (χ3v) is 8.05. The Morgan fingerprint density at radius 1 is 1.07 bits per heavy atom. The highest BCUT2D eigenvalue weighted by molar-refractivity contribution is 6.35. The molecule has 1 saturated heterocycles. The molecule has 0 radical (unpaired) electrons. The van der Waals surface area contributed by atoms with Gasteiger partial charge in [0.25, 0.3) is 0 Å². The van der Waals surface area contributed by atoms with E-state index in [1.165, 1.54) is 6.92 Å². The first-order valence-corrected chi connectivity index (χ1v) is 14.0. The van der Waals surface area contributed by atoms with E-state index < -0.39 is 23.3 Å². The maximum Gasteiger partial charge on any atom is 0.326 e. The van der Waals surface area contributed by atoms with E-state index in [-0.39, 0.29) is 43.7 Å². The van der Waals surface area contributed by atoms with E-state index in [9.17, 15) is 24.3 Å². The van der Waals surface area contributed by atoms with Crippen molar-refractivity contribution in [3.05, 3.63) is 63.6 Å². The zero-order chi connectivity index (χ0) is 29.4. The molecule has 2 aromatic rings. The minimum atomic E-state index is -1.41. The van der Waals surface area contributed by atoms with Crippen LogP contribution in [0.1, 0.15) is 51.2 Å². The number of benzene rings is 2. The Morgan fingerprint density at radius 3 is 2.25 bits per heavy atom. The Balaban J connectivity index is 1.66. The fraction of sp³-hybridized carbons (Fsp3) is 0.448. The van der Waals surface area contributed by atoms with Gasteiger partial charge in [0.05, 0.1) is 0 Å². The van der Waals surface area contributed by atoms with Gasteiger partial charge < -0.3 is 25.4 Å². The summed E-state index contributed by atoms with van der Waals surface area (Å²) in [6, 6.07) is 10.6. The summed E-state index contributed by atoms with van der Waals surface area (Å²) in [5, 5.41) is 16.3. The van der Waals surface area contributed by atoms with Gasteiger partial charge in [-0.05, 0) is 49.1 Å². The first kappa shape index (κ1) is 31.2. The molecule has 0 aromatic heterocycles. The third kappa shape index (κ3) is 7.46. The van der Waals surface area contributed by atoms with Crippen molar-refractivity contribution in [3.63, 3.8) is 0 Å². The number of aliphatic carboxylic acids is 1. The van der Waals surface area contributed by atoms with Crippen LogP contribution in [0.25, 0.3) is 0 Å². The van der Waals surface area contributed by atoms with Crippen LogP contribution < -0.4 is 15.4 Å². The largest absolute Gasteiger partial charge is 0.489 e.